The molecule has 1 aliphatic rings. The van der Waals surface area contributed by atoms with Crippen molar-refractivity contribution < 1.29 is 22.8 Å². The summed E-state index contributed by atoms with van der Waals surface area (Å²) in [6.07, 6.45) is -4.57. The maximum absolute atomic E-state index is 12.8. The fourth-order valence-corrected chi connectivity index (χ4v) is 4.72. The van der Waals surface area contributed by atoms with Crippen LogP contribution in [0.15, 0.2) is 45.3 Å². The average Bonchev–Trinajstić information content (AvgIpc) is 3.25. The van der Waals surface area contributed by atoms with E-state index in [1.165, 1.54) is 18.2 Å². The summed E-state index contributed by atoms with van der Waals surface area (Å²) in [4.78, 5) is 24.8. The van der Waals surface area contributed by atoms with Crippen molar-refractivity contribution in [1.29, 1.82) is 0 Å². The highest BCUT2D eigenvalue weighted by Gasteiger charge is 2.67. The summed E-state index contributed by atoms with van der Waals surface area (Å²) in [5, 5.41) is 4.26. The zero-order valence-corrected chi connectivity index (χ0v) is 20.6. The van der Waals surface area contributed by atoms with E-state index in [1.54, 1.807) is 23.5 Å². The van der Waals surface area contributed by atoms with Gasteiger partial charge in [-0.15, -0.1) is 23.2 Å². The van der Waals surface area contributed by atoms with Crippen molar-refractivity contribution in [2.24, 2.45) is 5.92 Å². The van der Waals surface area contributed by atoms with Gasteiger partial charge in [0.05, 0.1) is 16.5 Å². The van der Waals surface area contributed by atoms with Crippen molar-refractivity contribution in [2.45, 2.75) is 16.4 Å². The fraction of sp³-hybridized carbons (Fsp3) is 0.263. The molecule has 3 rings (SSSR count). The molecule has 1 fully saturated rings. The van der Waals surface area contributed by atoms with Crippen LogP contribution in [0.5, 0.6) is 0 Å². The van der Waals surface area contributed by atoms with Crippen LogP contribution in [-0.4, -0.2) is 28.9 Å². The van der Waals surface area contributed by atoms with E-state index >= 15 is 0 Å². The first-order valence-electron chi connectivity index (χ1n) is 8.59. The molecule has 2 aromatic rings. The van der Waals surface area contributed by atoms with Crippen molar-refractivity contribution in [3.8, 4) is 0 Å². The molecule has 166 valence electrons. The van der Waals surface area contributed by atoms with Gasteiger partial charge in [0.15, 0.2) is 0 Å². The lowest BCUT2D eigenvalue weighted by Gasteiger charge is -2.11. The van der Waals surface area contributed by atoms with Crippen LogP contribution < -0.4 is 10.6 Å². The fourth-order valence-electron chi connectivity index (χ4n) is 3.05. The third kappa shape index (κ3) is 5.68. The van der Waals surface area contributed by atoms with Gasteiger partial charge < -0.3 is 10.6 Å². The Hall–Kier alpha value is -1.000. The summed E-state index contributed by atoms with van der Waals surface area (Å²) in [5.74, 6) is -2.77. The molecule has 0 heterocycles. The highest BCUT2D eigenvalue weighted by Crippen LogP contribution is 2.65. The lowest BCUT2D eigenvalue weighted by molar-refractivity contribution is -0.123. The quantitative estimate of drug-likeness (QED) is 0.365. The molecule has 0 aromatic heterocycles. The van der Waals surface area contributed by atoms with Gasteiger partial charge in [0.1, 0.15) is 10.9 Å². The van der Waals surface area contributed by atoms with Gasteiger partial charge in [0.25, 0.3) is 5.91 Å². The summed E-state index contributed by atoms with van der Waals surface area (Å²) in [5.41, 5.74) is 0.706. The zero-order valence-electron chi connectivity index (χ0n) is 15.2. The third-order valence-corrected chi connectivity index (χ3v) is 7.72. The molecule has 0 radical (unpaired) electrons. The molecule has 2 atom stereocenters. The number of amides is 2. The molecule has 2 amide bonds. The van der Waals surface area contributed by atoms with E-state index in [2.05, 4.69) is 37.2 Å². The highest BCUT2D eigenvalue weighted by molar-refractivity contribution is 9.13. The average molecular weight is 623 g/mol. The van der Waals surface area contributed by atoms with Gasteiger partial charge >= 0.3 is 6.18 Å². The summed E-state index contributed by atoms with van der Waals surface area (Å²) < 4.78 is 37.3. The van der Waals surface area contributed by atoms with E-state index in [4.69, 9.17) is 34.8 Å². The number of benzene rings is 2. The number of hydrogen-bond donors (Lipinski definition) is 2. The SMILES string of the molecule is O=C(NCC(F)(F)F)c1cc(NC(=O)C2C(c3ccc(Br)c(Br)c3)C2(Cl)Cl)ccc1Cl. The predicted molar refractivity (Wildman–Crippen MR) is 121 cm³/mol. The van der Waals surface area contributed by atoms with Gasteiger partial charge in [-0.3, -0.25) is 9.59 Å². The van der Waals surface area contributed by atoms with Crippen molar-refractivity contribution in [1.82, 2.24) is 5.32 Å². The summed E-state index contributed by atoms with van der Waals surface area (Å²) in [6.45, 7) is -1.51. The highest BCUT2D eigenvalue weighted by atomic mass is 79.9. The van der Waals surface area contributed by atoms with Crippen molar-refractivity contribution in [3.63, 3.8) is 0 Å². The Morgan fingerprint density at radius 1 is 1.06 bits per heavy atom. The minimum Gasteiger partial charge on any atom is -0.343 e. The molecule has 12 heteroatoms. The van der Waals surface area contributed by atoms with Gasteiger partial charge in [-0.2, -0.15) is 13.2 Å². The Bertz CT molecular complexity index is 1050. The summed E-state index contributed by atoms with van der Waals surface area (Å²) in [6, 6.07) is 9.28. The maximum Gasteiger partial charge on any atom is 0.405 e. The van der Waals surface area contributed by atoms with E-state index < -0.39 is 40.7 Å². The topological polar surface area (TPSA) is 58.2 Å². The van der Waals surface area contributed by atoms with Gasteiger partial charge in [-0.1, -0.05) is 17.7 Å². The second-order valence-corrected chi connectivity index (χ2v) is 10.3. The molecule has 0 spiro atoms. The van der Waals surface area contributed by atoms with E-state index in [0.717, 1.165) is 14.5 Å². The molecule has 0 bridgehead atoms. The number of alkyl halides is 5. The Labute approximate surface area is 207 Å². The van der Waals surface area contributed by atoms with E-state index in [9.17, 15) is 22.8 Å². The third-order valence-electron chi connectivity index (χ3n) is 4.57. The predicted octanol–water partition coefficient (Wildman–Crippen LogP) is 6.68. The molecular formula is C19H12Br2Cl3F3N2O2. The first-order valence-corrected chi connectivity index (χ1v) is 11.3. The minimum absolute atomic E-state index is 0.0641. The van der Waals surface area contributed by atoms with Crippen LogP contribution in [0, 0.1) is 5.92 Å². The molecule has 4 nitrogen and oxygen atoms in total. The van der Waals surface area contributed by atoms with Gasteiger partial charge in [0.2, 0.25) is 5.91 Å². The first-order chi connectivity index (χ1) is 14.3. The molecule has 2 aromatic carbocycles. The zero-order chi connectivity index (χ0) is 23.1. The Morgan fingerprint density at radius 2 is 1.74 bits per heavy atom. The van der Waals surface area contributed by atoms with Gasteiger partial charge in [-0.25, -0.2) is 0 Å². The Kier molecular flexibility index (Phi) is 7.23. The lowest BCUT2D eigenvalue weighted by atomic mass is 10.1. The first kappa shape index (κ1) is 24.6. The normalized spacial score (nSPS) is 19.6. The van der Waals surface area contributed by atoms with Crippen LogP contribution >= 0.6 is 66.7 Å². The summed E-state index contributed by atoms with van der Waals surface area (Å²) in [7, 11) is 0. The van der Waals surface area contributed by atoms with Gasteiger partial charge in [0, 0.05) is 20.6 Å². The minimum atomic E-state index is -4.57. The Balaban J connectivity index is 1.74. The lowest BCUT2D eigenvalue weighted by Crippen LogP contribution is -2.33. The standard InChI is InChI=1S/C19H12Br2Cl3F3N2O2/c20-11-3-1-8(5-12(11)21)14-15(19(14,23)24)17(31)29-9-2-4-13(22)10(6-9)16(30)28-7-18(25,26)27/h1-6,14-15H,7H2,(H,28,30)(H,29,31). The van der Waals surface area contributed by atoms with Crippen molar-refractivity contribution in [2.75, 3.05) is 11.9 Å². The van der Waals surface area contributed by atoms with E-state index in [1.807, 2.05) is 0 Å². The van der Waals surface area contributed by atoms with Crippen LogP contribution in [0.4, 0.5) is 18.9 Å². The van der Waals surface area contributed by atoms with Crippen LogP contribution in [0.1, 0.15) is 21.8 Å². The van der Waals surface area contributed by atoms with Crippen molar-refractivity contribution >= 4 is 84.2 Å². The number of halogens is 8. The smallest absolute Gasteiger partial charge is 0.343 e. The number of carbonyl (C=O) groups is 2. The van der Waals surface area contributed by atoms with Crippen LogP contribution in [0.2, 0.25) is 5.02 Å². The molecule has 1 aliphatic carbocycles. The van der Waals surface area contributed by atoms with Gasteiger partial charge in [-0.05, 0) is 67.8 Å². The molecular weight excluding hydrogens is 611 g/mol. The molecule has 0 aliphatic heterocycles. The molecule has 0 saturated heterocycles. The largest absolute Gasteiger partial charge is 0.405 e. The van der Waals surface area contributed by atoms with Crippen molar-refractivity contribution in [3.05, 3.63) is 61.5 Å². The molecule has 1 saturated carbocycles. The second kappa shape index (κ2) is 9.09. The van der Waals surface area contributed by atoms with Crippen LogP contribution in [0.3, 0.4) is 0 Å². The summed E-state index contributed by atoms with van der Waals surface area (Å²) >= 11 is 25.4. The second-order valence-electron chi connectivity index (χ2n) is 6.79. The van der Waals surface area contributed by atoms with Crippen LogP contribution in [0.25, 0.3) is 0 Å². The van der Waals surface area contributed by atoms with E-state index in [-0.39, 0.29) is 16.3 Å². The monoisotopic (exact) mass is 620 g/mol. The number of rotatable bonds is 5. The maximum atomic E-state index is 12.8. The van der Waals surface area contributed by atoms with E-state index in [0.29, 0.717) is 0 Å². The number of carbonyl (C=O) groups excluding carboxylic acids is 2. The molecule has 2 N–H and O–H groups in total. The number of nitrogens with one attached hydrogen (secondary N) is 2. The number of hydrogen-bond acceptors (Lipinski definition) is 2. The van der Waals surface area contributed by atoms with Crippen LogP contribution in [-0.2, 0) is 4.79 Å². The molecule has 2 unspecified atom stereocenters. The Morgan fingerprint density at radius 3 is 2.35 bits per heavy atom. The molecule has 31 heavy (non-hydrogen) atoms. The number of anilines is 1.